The van der Waals surface area contributed by atoms with Gasteiger partial charge in [0.25, 0.3) is 0 Å². The zero-order chi connectivity index (χ0) is 15.0. The Hall–Kier alpha value is -2.56. The van der Waals surface area contributed by atoms with Crippen molar-refractivity contribution in [3.8, 4) is 0 Å². The standard InChI is InChI=1S/C16H18N4O/c1-9-8-13(11(3)21-9)10(2)18-15-12-6-4-5-7-14(12)19-16(17)20-15/h4-8,10H,1-3H3,(H3,17,18,19,20). The Bertz CT molecular complexity index is 794. The van der Waals surface area contributed by atoms with Gasteiger partial charge in [0.05, 0.1) is 11.6 Å². The van der Waals surface area contributed by atoms with Crippen molar-refractivity contribution in [2.24, 2.45) is 0 Å². The number of anilines is 2. The Kier molecular flexibility index (Phi) is 3.25. The molecule has 1 unspecified atom stereocenters. The minimum absolute atomic E-state index is 0.0696. The highest BCUT2D eigenvalue weighted by molar-refractivity contribution is 5.90. The third kappa shape index (κ3) is 2.54. The van der Waals surface area contributed by atoms with Crippen molar-refractivity contribution >= 4 is 22.7 Å². The lowest BCUT2D eigenvalue weighted by Crippen LogP contribution is -2.10. The number of hydrogen-bond acceptors (Lipinski definition) is 5. The minimum atomic E-state index is 0.0696. The second-order valence-electron chi connectivity index (χ2n) is 5.18. The first-order chi connectivity index (χ1) is 10.0. The number of nitrogens with two attached hydrogens (primary N) is 1. The van der Waals surface area contributed by atoms with Crippen LogP contribution in [0.4, 0.5) is 11.8 Å². The number of furan rings is 1. The Morgan fingerprint density at radius 1 is 1.19 bits per heavy atom. The quantitative estimate of drug-likeness (QED) is 0.767. The molecule has 5 nitrogen and oxygen atoms in total. The molecule has 3 rings (SSSR count). The number of nitrogens with one attached hydrogen (secondary N) is 1. The van der Waals surface area contributed by atoms with E-state index >= 15 is 0 Å². The van der Waals surface area contributed by atoms with Gasteiger partial charge in [-0.15, -0.1) is 0 Å². The Morgan fingerprint density at radius 2 is 1.95 bits per heavy atom. The SMILES string of the molecule is Cc1cc(C(C)Nc2nc(N)nc3ccccc23)c(C)o1. The second-order valence-corrected chi connectivity index (χ2v) is 5.18. The summed E-state index contributed by atoms with van der Waals surface area (Å²) in [5, 5.41) is 4.36. The normalized spacial score (nSPS) is 12.5. The summed E-state index contributed by atoms with van der Waals surface area (Å²) < 4.78 is 5.59. The smallest absolute Gasteiger partial charge is 0.222 e. The molecule has 5 heteroatoms. The van der Waals surface area contributed by atoms with Gasteiger partial charge in [-0.05, 0) is 39.0 Å². The molecule has 108 valence electrons. The van der Waals surface area contributed by atoms with Crippen LogP contribution in [0.25, 0.3) is 10.9 Å². The molecule has 21 heavy (non-hydrogen) atoms. The highest BCUT2D eigenvalue weighted by Gasteiger charge is 2.15. The van der Waals surface area contributed by atoms with Crippen LogP contribution in [0.5, 0.6) is 0 Å². The number of nitrogens with zero attached hydrogens (tertiary/aromatic N) is 2. The summed E-state index contributed by atoms with van der Waals surface area (Å²) in [4.78, 5) is 8.57. The van der Waals surface area contributed by atoms with Crippen LogP contribution in [-0.4, -0.2) is 9.97 Å². The van der Waals surface area contributed by atoms with Crippen molar-refractivity contribution in [2.75, 3.05) is 11.1 Å². The molecule has 0 saturated carbocycles. The molecule has 0 fully saturated rings. The summed E-state index contributed by atoms with van der Waals surface area (Å²) in [7, 11) is 0. The number of benzene rings is 1. The van der Waals surface area contributed by atoms with Gasteiger partial charge in [-0.3, -0.25) is 0 Å². The van der Waals surface area contributed by atoms with E-state index in [1.165, 1.54) is 0 Å². The van der Waals surface area contributed by atoms with Gasteiger partial charge in [-0.25, -0.2) is 4.98 Å². The van der Waals surface area contributed by atoms with Gasteiger partial charge >= 0.3 is 0 Å². The first kappa shape index (κ1) is 13.4. The molecular formula is C16H18N4O. The van der Waals surface area contributed by atoms with Crippen LogP contribution in [0.15, 0.2) is 34.7 Å². The molecule has 0 spiro atoms. The van der Waals surface area contributed by atoms with Crippen LogP contribution >= 0.6 is 0 Å². The van der Waals surface area contributed by atoms with Gasteiger partial charge in [0.2, 0.25) is 5.95 Å². The Morgan fingerprint density at radius 3 is 2.67 bits per heavy atom. The number of aryl methyl sites for hydroxylation is 2. The van der Waals surface area contributed by atoms with Crippen LogP contribution < -0.4 is 11.1 Å². The van der Waals surface area contributed by atoms with E-state index in [1.54, 1.807) is 0 Å². The number of nitrogen functional groups attached to an aromatic ring is 1. The fourth-order valence-electron chi connectivity index (χ4n) is 2.57. The predicted octanol–water partition coefficient (Wildman–Crippen LogP) is 3.59. The van der Waals surface area contributed by atoms with Gasteiger partial charge in [0.1, 0.15) is 17.3 Å². The number of hydrogen-bond donors (Lipinski definition) is 2. The molecule has 0 saturated heterocycles. The highest BCUT2D eigenvalue weighted by atomic mass is 16.3. The number of aromatic nitrogens is 2. The van der Waals surface area contributed by atoms with Gasteiger partial charge < -0.3 is 15.5 Å². The fourth-order valence-corrected chi connectivity index (χ4v) is 2.57. The summed E-state index contributed by atoms with van der Waals surface area (Å²) in [6, 6.07) is 9.92. The molecule has 0 aliphatic heterocycles. The summed E-state index contributed by atoms with van der Waals surface area (Å²) in [5.74, 6) is 2.83. The van der Waals surface area contributed by atoms with Crippen molar-refractivity contribution in [3.05, 3.63) is 47.4 Å². The molecule has 0 bridgehead atoms. The summed E-state index contributed by atoms with van der Waals surface area (Å²) in [5.41, 5.74) is 7.74. The number of fused-ring (bicyclic) bond motifs is 1. The topological polar surface area (TPSA) is 77.0 Å². The second kappa shape index (κ2) is 5.09. The number of rotatable bonds is 3. The molecule has 2 heterocycles. The maximum atomic E-state index is 5.79. The van der Waals surface area contributed by atoms with E-state index in [4.69, 9.17) is 10.2 Å². The third-order valence-corrected chi connectivity index (χ3v) is 3.52. The van der Waals surface area contributed by atoms with E-state index < -0.39 is 0 Å². The fraction of sp³-hybridized carbons (Fsp3) is 0.250. The molecule has 0 aliphatic carbocycles. The zero-order valence-corrected chi connectivity index (χ0v) is 12.3. The van der Waals surface area contributed by atoms with Crippen LogP contribution in [0.2, 0.25) is 0 Å². The molecule has 1 atom stereocenters. The first-order valence-electron chi connectivity index (χ1n) is 6.90. The first-order valence-corrected chi connectivity index (χ1v) is 6.90. The molecule has 1 aromatic carbocycles. The van der Waals surface area contributed by atoms with Gasteiger partial charge in [-0.1, -0.05) is 12.1 Å². The van der Waals surface area contributed by atoms with E-state index in [2.05, 4.69) is 22.2 Å². The predicted molar refractivity (Wildman–Crippen MR) is 84.2 cm³/mol. The van der Waals surface area contributed by atoms with Gasteiger partial charge in [-0.2, -0.15) is 4.98 Å². The molecule has 3 aromatic rings. The zero-order valence-electron chi connectivity index (χ0n) is 12.3. The maximum absolute atomic E-state index is 5.79. The monoisotopic (exact) mass is 282 g/mol. The molecule has 3 N–H and O–H groups in total. The highest BCUT2D eigenvalue weighted by Crippen LogP contribution is 2.27. The van der Waals surface area contributed by atoms with E-state index in [0.29, 0.717) is 0 Å². The largest absolute Gasteiger partial charge is 0.466 e. The molecular weight excluding hydrogens is 264 g/mol. The average Bonchev–Trinajstić information content (AvgIpc) is 2.77. The van der Waals surface area contributed by atoms with Crippen molar-refractivity contribution in [2.45, 2.75) is 26.8 Å². The van der Waals surface area contributed by atoms with Crippen molar-refractivity contribution in [1.29, 1.82) is 0 Å². The van der Waals surface area contributed by atoms with E-state index in [0.717, 1.165) is 33.8 Å². The van der Waals surface area contributed by atoms with Crippen LogP contribution in [0.3, 0.4) is 0 Å². The van der Waals surface area contributed by atoms with Crippen LogP contribution in [-0.2, 0) is 0 Å². The van der Waals surface area contributed by atoms with E-state index in [9.17, 15) is 0 Å². The molecule has 0 radical (unpaired) electrons. The van der Waals surface area contributed by atoms with E-state index in [-0.39, 0.29) is 12.0 Å². The van der Waals surface area contributed by atoms with E-state index in [1.807, 2.05) is 44.2 Å². The summed E-state index contributed by atoms with van der Waals surface area (Å²) in [6.45, 7) is 5.98. The average molecular weight is 282 g/mol. The number of para-hydroxylation sites is 1. The molecule has 2 aromatic heterocycles. The van der Waals surface area contributed by atoms with Crippen molar-refractivity contribution in [1.82, 2.24) is 9.97 Å². The lowest BCUT2D eigenvalue weighted by atomic mass is 10.1. The lowest BCUT2D eigenvalue weighted by Gasteiger charge is -2.15. The molecule has 0 amide bonds. The maximum Gasteiger partial charge on any atom is 0.222 e. The van der Waals surface area contributed by atoms with Crippen molar-refractivity contribution < 1.29 is 4.42 Å². The van der Waals surface area contributed by atoms with Crippen LogP contribution in [0, 0.1) is 13.8 Å². The van der Waals surface area contributed by atoms with Gasteiger partial charge in [0.15, 0.2) is 0 Å². The lowest BCUT2D eigenvalue weighted by molar-refractivity contribution is 0.500. The Labute approximate surface area is 123 Å². The van der Waals surface area contributed by atoms with Crippen molar-refractivity contribution in [3.63, 3.8) is 0 Å². The van der Waals surface area contributed by atoms with Gasteiger partial charge in [0, 0.05) is 10.9 Å². The van der Waals surface area contributed by atoms with Crippen LogP contribution in [0.1, 0.15) is 30.0 Å². The molecule has 0 aliphatic rings. The summed E-state index contributed by atoms with van der Waals surface area (Å²) in [6.07, 6.45) is 0. The minimum Gasteiger partial charge on any atom is -0.466 e. The third-order valence-electron chi connectivity index (χ3n) is 3.52. The summed E-state index contributed by atoms with van der Waals surface area (Å²) >= 11 is 0. The Balaban J connectivity index is 1.99.